The van der Waals surface area contributed by atoms with Crippen LogP contribution in [0.3, 0.4) is 0 Å². The predicted octanol–water partition coefficient (Wildman–Crippen LogP) is 3.18. The molecule has 18 heavy (non-hydrogen) atoms. The van der Waals surface area contributed by atoms with Gasteiger partial charge in [0.15, 0.2) is 0 Å². The zero-order valence-corrected chi connectivity index (χ0v) is 9.51. The van der Waals surface area contributed by atoms with Crippen LogP contribution >= 0.6 is 0 Å². The largest absolute Gasteiger partial charge is 0.341 e. The van der Waals surface area contributed by atoms with E-state index < -0.39 is 0 Å². The zero-order valence-electron chi connectivity index (χ0n) is 9.51. The number of H-pyrrole nitrogens is 1. The average Bonchev–Trinajstić information content (AvgIpc) is 2.77. The number of pyridine rings is 1. The molecule has 0 fully saturated rings. The van der Waals surface area contributed by atoms with Crippen LogP contribution in [0.4, 0.5) is 11.5 Å². The quantitative estimate of drug-likeness (QED) is 0.715. The smallest absolute Gasteiger partial charge is 0.127 e. The zero-order chi connectivity index (χ0) is 12.4. The van der Waals surface area contributed by atoms with E-state index in [0.29, 0.717) is 11.4 Å². The van der Waals surface area contributed by atoms with E-state index in [0.717, 1.165) is 16.6 Å². The van der Waals surface area contributed by atoms with Gasteiger partial charge >= 0.3 is 0 Å². The van der Waals surface area contributed by atoms with Crippen molar-refractivity contribution < 1.29 is 0 Å². The van der Waals surface area contributed by atoms with Crippen LogP contribution in [0, 0.1) is 11.3 Å². The first-order valence-electron chi connectivity index (χ1n) is 5.56. The molecule has 0 saturated carbocycles. The fourth-order valence-corrected chi connectivity index (χ4v) is 1.93. The number of hydrogen-bond acceptors (Lipinski definition) is 3. The van der Waals surface area contributed by atoms with Crippen molar-refractivity contribution in [3.05, 3.63) is 54.4 Å². The van der Waals surface area contributed by atoms with Gasteiger partial charge in [-0.15, -0.1) is 0 Å². The molecule has 2 heterocycles. The van der Waals surface area contributed by atoms with Gasteiger partial charge in [0, 0.05) is 29.0 Å². The van der Waals surface area contributed by atoms with Gasteiger partial charge in [0.25, 0.3) is 0 Å². The maximum atomic E-state index is 9.26. The van der Waals surface area contributed by atoms with Crippen molar-refractivity contribution in [2.75, 3.05) is 5.32 Å². The lowest BCUT2D eigenvalue weighted by Crippen LogP contribution is -1.92. The van der Waals surface area contributed by atoms with Gasteiger partial charge in [-0.1, -0.05) is 18.2 Å². The van der Waals surface area contributed by atoms with Gasteiger partial charge in [0.1, 0.15) is 17.5 Å². The Hall–Kier alpha value is -2.80. The Morgan fingerprint density at radius 3 is 2.67 bits per heavy atom. The van der Waals surface area contributed by atoms with Crippen LogP contribution < -0.4 is 5.32 Å². The lowest BCUT2D eigenvalue weighted by Gasteiger charge is -2.03. The fraction of sp³-hybridized carbons (Fsp3) is 0. The number of anilines is 2. The summed E-state index contributed by atoms with van der Waals surface area (Å²) in [5.41, 5.74) is 2.47. The number of nitrogens with one attached hydrogen (secondary N) is 2. The molecule has 2 aromatic heterocycles. The Kier molecular flexibility index (Phi) is 2.43. The predicted molar refractivity (Wildman–Crippen MR) is 70.5 cm³/mol. The third-order valence-corrected chi connectivity index (χ3v) is 2.77. The van der Waals surface area contributed by atoms with E-state index in [-0.39, 0.29) is 0 Å². The molecule has 0 spiro atoms. The van der Waals surface area contributed by atoms with Crippen molar-refractivity contribution in [2.24, 2.45) is 0 Å². The minimum absolute atomic E-state index is 0.627. The number of benzene rings is 1. The first-order chi connectivity index (χ1) is 8.88. The number of aromatic nitrogens is 2. The number of nitrogens with zero attached hydrogens (tertiary/aromatic N) is 2. The molecule has 86 valence electrons. The second-order valence-corrected chi connectivity index (χ2v) is 3.89. The molecule has 0 aliphatic heterocycles. The second-order valence-electron chi connectivity index (χ2n) is 3.89. The van der Waals surface area contributed by atoms with E-state index in [1.165, 1.54) is 0 Å². The van der Waals surface area contributed by atoms with Gasteiger partial charge in [-0.25, -0.2) is 0 Å². The van der Waals surface area contributed by atoms with E-state index in [1.807, 2.05) is 36.4 Å². The molecule has 0 unspecified atom stereocenters. The molecule has 0 bridgehead atoms. The van der Waals surface area contributed by atoms with E-state index in [2.05, 4.69) is 21.4 Å². The Balaban J connectivity index is 2.10. The lowest BCUT2D eigenvalue weighted by atomic mass is 10.2. The number of rotatable bonds is 2. The number of hydrogen-bond donors (Lipinski definition) is 2. The summed E-state index contributed by atoms with van der Waals surface area (Å²) in [6.07, 6.45) is 3.41. The molecule has 0 radical (unpaired) electrons. The number of aromatic amines is 1. The summed E-state index contributed by atoms with van der Waals surface area (Å²) in [6.45, 7) is 0. The van der Waals surface area contributed by atoms with Gasteiger partial charge < -0.3 is 10.3 Å². The molecule has 4 nitrogen and oxygen atoms in total. The third kappa shape index (κ3) is 1.68. The Morgan fingerprint density at radius 1 is 1.11 bits per heavy atom. The monoisotopic (exact) mass is 234 g/mol. The van der Waals surface area contributed by atoms with Crippen LogP contribution in [0.1, 0.15) is 5.56 Å². The molecule has 0 aliphatic rings. The van der Waals surface area contributed by atoms with Crippen LogP contribution in [-0.4, -0.2) is 9.97 Å². The molecule has 0 saturated heterocycles. The number of nitriles is 1. The van der Waals surface area contributed by atoms with Crippen molar-refractivity contribution in [3.8, 4) is 6.07 Å². The van der Waals surface area contributed by atoms with Gasteiger partial charge in [0.2, 0.25) is 0 Å². The summed E-state index contributed by atoms with van der Waals surface area (Å²) in [7, 11) is 0. The molecule has 4 heteroatoms. The summed E-state index contributed by atoms with van der Waals surface area (Å²) in [4.78, 5) is 7.17. The minimum atomic E-state index is 0.627. The minimum Gasteiger partial charge on any atom is -0.341 e. The van der Waals surface area contributed by atoms with E-state index in [4.69, 9.17) is 0 Å². The summed E-state index contributed by atoms with van der Waals surface area (Å²) in [5.74, 6) is 0.713. The highest BCUT2D eigenvalue weighted by Crippen LogP contribution is 2.27. The van der Waals surface area contributed by atoms with Gasteiger partial charge in [0.05, 0.1) is 0 Å². The Morgan fingerprint density at radius 2 is 1.89 bits per heavy atom. The highest BCUT2D eigenvalue weighted by Gasteiger charge is 2.10. The Bertz CT molecular complexity index is 722. The van der Waals surface area contributed by atoms with E-state index in [9.17, 15) is 5.26 Å². The second kappa shape index (κ2) is 4.22. The SMILES string of the molecule is N#Cc1c(Nc2ccncc2)[nH]c2ccccc12. The highest BCUT2D eigenvalue weighted by atomic mass is 15.0. The van der Waals surface area contributed by atoms with Crippen LogP contribution in [0.25, 0.3) is 10.9 Å². The average molecular weight is 234 g/mol. The summed E-state index contributed by atoms with van der Waals surface area (Å²) in [5, 5.41) is 13.4. The molecule has 1 aromatic carbocycles. The molecule has 2 N–H and O–H groups in total. The van der Waals surface area contributed by atoms with E-state index >= 15 is 0 Å². The standard InChI is InChI=1S/C14H10N4/c15-9-12-11-3-1-2-4-13(11)18-14(12)17-10-5-7-16-8-6-10/h1-8,18H,(H,16,17). The van der Waals surface area contributed by atoms with Gasteiger partial charge in [-0.05, 0) is 18.2 Å². The first kappa shape index (κ1) is 10.4. The van der Waals surface area contributed by atoms with Gasteiger partial charge in [-0.2, -0.15) is 5.26 Å². The first-order valence-corrected chi connectivity index (χ1v) is 5.56. The molecule has 0 amide bonds. The van der Waals surface area contributed by atoms with Crippen molar-refractivity contribution in [1.29, 1.82) is 5.26 Å². The third-order valence-electron chi connectivity index (χ3n) is 2.77. The van der Waals surface area contributed by atoms with Crippen molar-refractivity contribution in [1.82, 2.24) is 9.97 Å². The summed E-state index contributed by atoms with van der Waals surface area (Å²) < 4.78 is 0. The number of para-hydroxylation sites is 1. The van der Waals surface area contributed by atoms with Crippen LogP contribution in [-0.2, 0) is 0 Å². The molecule has 3 rings (SSSR count). The van der Waals surface area contributed by atoms with E-state index in [1.54, 1.807) is 12.4 Å². The van der Waals surface area contributed by atoms with Crippen molar-refractivity contribution >= 4 is 22.4 Å². The van der Waals surface area contributed by atoms with Crippen molar-refractivity contribution in [3.63, 3.8) is 0 Å². The topological polar surface area (TPSA) is 64.5 Å². The Labute approximate surface area is 104 Å². The highest BCUT2D eigenvalue weighted by molar-refractivity contribution is 5.92. The van der Waals surface area contributed by atoms with Crippen LogP contribution in [0.15, 0.2) is 48.8 Å². The van der Waals surface area contributed by atoms with Crippen molar-refractivity contribution in [2.45, 2.75) is 0 Å². The molecular formula is C14H10N4. The maximum Gasteiger partial charge on any atom is 0.127 e. The molecular weight excluding hydrogens is 224 g/mol. The summed E-state index contributed by atoms with van der Waals surface area (Å²) >= 11 is 0. The molecule has 0 atom stereocenters. The number of fused-ring (bicyclic) bond motifs is 1. The maximum absolute atomic E-state index is 9.26. The van der Waals surface area contributed by atoms with Crippen LogP contribution in [0.5, 0.6) is 0 Å². The molecule has 3 aromatic rings. The fourth-order valence-electron chi connectivity index (χ4n) is 1.93. The lowest BCUT2D eigenvalue weighted by molar-refractivity contribution is 1.31. The normalized spacial score (nSPS) is 10.2. The van der Waals surface area contributed by atoms with Gasteiger partial charge in [-0.3, -0.25) is 4.98 Å². The molecule has 0 aliphatic carbocycles. The van der Waals surface area contributed by atoms with Crippen LogP contribution in [0.2, 0.25) is 0 Å². The summed E-state index contributed by atoms with van der Waals surface area (Å²) in [6, 6.07) is 13.7.